The normalized spacial score (nSPS) is 12.7. The van der Waals surface area contributed by atoms with Gasteiger partial charge in [-0.15, -0.1) is 0 Å². The molecule has 1 atom stereocenters. The lowest BCUT2D eigenvalue weighted by molar-refractivity contribution is -0.122. The van der Waals surface area contributed by atoms with Crippen LogP contribution in [0.25, 0.3) is 0 Å². The van der Waals surface area contributed by atoms with Gasteiger partial charge in [0, 0.05) is 6.04 Å². The molecular formula is C8H12F3N3O. The van der Waals surface area contributed by atoms with Crippen molar-refractivity contribution < 1.29 is 18.0 Å². The first kappa shape index (κ1) is 13.5. The van der Waals surface area contributed by atoms with Crippen molar-refractivity contribution in [3.8, 4) is 6.07 Å². The second-order valence-corrected chi connectivity index (χ2v) is 2.91. The summed E-state index contributed by atoms with van der Waals surface area (Å²) in [5.74, 6) is 0. The third kappa shape index (κ3) is 7.61. The van der Waals surface area contributed by atoms with E-state index in [1.165, 1.54) is 0 Å². The van der Waals surface area contributed by atoms with Gasteiger partial charge in [0.1, 0.15) is 6.54 Å². The summed E-state index contributed by atoms with van der Waals surface area (Å²) in [6.07, 6.45) is -3.85. The molecule has 0 saturated heterocycles. The summed E-state index contributed by atoms with van der Waals surface area (Å²) < 4.78 is 35.1. The van der Waals surface area contributed by atoms with Crippen LogP contribution in [0, 0.1) is 11.3 Å². The van der Waals surface area contributed by atoms with E-state index in [2.05, 4.69) is 5.32 Å². The number of nitrogens with one attached hydrogen (secondary N) is 2. The molecule has 0 aliphatic heterocycles. The standard InChI is InChI=1S/C8H12F3N3O/c1-2-6(3-4-12)14-7(15)13-5-8(9,10)11/h6H,2-3,5H2,1H3,(H2,13,14,15). The van der Waals surface area contributed by atoms with E-state index >= 15 is 0 Å². The van der Waals surface area contributed by atoms with Crippen LogP contribution in [0.15, 0.2) is 0 Å². The minimum absolute atomic E-state index is 0.0793. The van der Waals surface area contributed by atoms with E-state index in [1.807, 2.05) is 6.07 Å². The molecule has 0 rings (SSSR count). The van der Waals surface area contributed by atoms with Crippen molar-refractivity contribution in [2.24, 2.45) is 0 Å². The molecule has 0 bridgehead atoms. The van der Waals surface area contributed by atoms with Crippen LogP contribution in [0.4, 0.5) is 18.0 Å². The number of nitriles is 1. The number of carbonyl (C=O) groups is 1. The summed E-state index contributed by atoms with van der Waals surface area (Å²) in [7, 11) is 0. The van der Waals surface area contributed by atoms with Crippen molar-refractivity contribution in [2.45, 2.75) is 32.0 Å². The maximum atomic E-state index is 11.7. The molecule has 0 spiro atoms. The van der Waals surface area contributed by atoms with Crippen molar-refractivity contribution in [2.75, 3.05) is 6.54 Å². The van der Waals surface area contributed by atoms with Crippen LogP contribution >= 0.6 is 0 Å². The Morgan fingerprint density at radius 2 is 2.13 bits per heavy atom. The second-order valence-electron chi connectivity index (χ2n) is 2.91. The largest absolute Gasteiger partial charge is 0.405 e. The molecule has 15 heavy (non-hydrogen) atoms. The van der Waals surface area contributed by atoms with Gasteiger partial charge in [0.15, 0.2) is 0 Å². The lowest BCUT2D eigenvalue weighted by Crippen LogP contribution is -2.44. The van der Waals surface area contributed by atoms with Crippen LogP contribution in [0.2, 0.25) is 0 Å². The number of rotatable bonds is 4. The Balaban J connectivity index is 3.87. The van der Waals surface area contributed by atoms with Crippen molar-refractivity contribution >= 4 is 6.03 Å². The fraction of sp³-hybridized carbons (Fsp3) is 0.750. The van der Waals surface area contributed by atoms with E-state index in [1.54, 1.807) is 12.2 Å². The van der Waals surface area contributed by atoms with E-state index in [-0.39, 0.29) is 6.42 Å². The van der Waals surface area contributed by atoms with E-state index in [4.69, 9.17) is 5.26 Å². The first-order valence-corrected chi connectivity index (χ1v) is 4.37. The van der Waals surface area contributed by atoms with Gasteiger partial charge in [0.05, 0.1) is 12.5 Å². The maximum absolute atomic E-state index is 11.7. The molecule has 86 valence electrons. The second kappa shape index (κ2) is 6.11. The van der Waals surface area contributed by atoms with Crippen molar-refractivity contribution in [3.63, 3.8) is 0 Å². The minimum atomic E-state index is -4.42. The minimum Gasteiger partial charge on any atom is -0.334 e. The quantitative estimate of drug-likeness (QED) is 0.759. The summed E-state index contributed by atoms with van der Waals surface area (Å²) in [6, 6.07) is 0.510. The Morgan fingerprint density at radius 1 is 1.53 bits per heavy atom. The van der Waals surface area contributed by atoms with Crippen molar-refractivity contribution in [3.05, 3.63) is 0 Å². The molecule has 0 aliphatic carbocycles. The average molecular weight is 223 g/mol. The Kier molecular flexibility index (Phi) is 5.52. The first-order chi connectivity index (χ1) is 6.89. The Bertz CT molecular complexity index is 246. The summed E-state index contributed by atoms with van der Waals surface area (Å²) in [5, 5.41) is 12.3. The molecule has 0 aromatic heterocycles. The molecule has 7 heteroatoms. The molecular weight excluding hydrogens is 211 g/mol. The van der Waals surface area contributed by atoms with Crippen molar-refractivity contribution in [1.82, 2.24) is 10.6 Å². The van der Waals surface area contributed by atoms with Gasteiger partial charge >= 0.3 is 12.2 Å². The molecule has 0 aromatic carbocycles. The Hall–Kier alpha value is -1.45. The van der Waals surface area contributed by atoms with Gasteiger partial charge in [0.2, 0.25) is 0 Å². The summed E-state index contributed by atoms with van der Waals surface area (Å²) in [5.41, 5.74) is 0. The molecule has 2 amide bonds. The Morgan fingerprint density at radius 3 is 2.53 bits per heavy atom. The zero-order valence-corrected chi connectivity index (χ0v) is 8.19. The lowest BCUT2D eigenvalue weighted by atomic mass is 10.2. The van der Waals surface area contributed by atoms with Gasteiger partial charge in [-0.2, -0.15) is 18.4 Å². The van der Waals surface area contributed by atoms with Gasteiger partial charge in [-0.25, -0.2) is 4.79 Å². The third-order valence-electron chi connectivity index (χ3n) is 1.62. The molecule has 0 fully saturated rings. The van der Waals surface area contributed by atoms with E-state index in [0.717, 1.165) is 0 Å². The molecule has 0 aromatic rings. The fourth-order valence-corrected chi connectivity index (χ4v) is 0.825. The number of nitrogens with zero attached hydrogens (tertiary/aromatic N) is 1. The van der Waals surface area contributed by atoms with Crippen LogP contribution in [0.1, 0.15) is 19.8 Å². The number of amides is 2. The van der Waals surface area contributed by atoms with Gasteiger partial charge in [-0.1, -0.05) is 6.92 Å². The molecule has 2 N–H and O–H groups in total. The van der Waals surface area contributed by atoms with Crippen molar-refractivity contribution in [1.29, 1.82) is 5.26 Å². The average Bonchev–Trinajstić information content (AvgIpc) is 2.13. The van der Waals surface area contributed by atoms with Crippen LogP contribution in [0.5, 0.6) is 0 Å². The SMILES string of the molecule is CCC(CC#N)NC(=O)NCC(F)(F)F. The van der Waals surface area contributed by atoms with Crippen LogP contribution in [0.3, 0.4) is 0 Å². The third-order valence-corrected chi connectivity index (χ3v) is 1.62. The van der Waals surface area contributed by atoms with E-state index in [9.17, 15) is 18.0 Å². The molecule has 4 nitrogen and oxygen atoms in total. The highest BCUT2D eigenvalue weighted by molar-refractivity contribution is 5.74. The van der Waals surface area contributed by atoms with Gasteiger partial charge < -0.3 is 10.6 Å². The summed E-state index contributed by atoms with van der Waals surface area (Å²) in [6.45, 7) is 0.355. The van der Waals surface area contributed by atoms with Gasteiger partial charge in [-0.3, -0.25) is 0 Å². The molecule has 1 unspecified atom stereocenters. The number of alkyl halides is 3. The number of halogens is 3. The topological polar surface area (TPSA) is 64.9 Å². The summed E-state index contributed by atoms with van der Waals surface area (Å²) in [4.78, 5) is 10.9. The number of hydrogen-bond donors (Lipinski definition) is 2. The Labute approximate surface area is 85.4 Å². The smallest absolute Gasteiger partial charge is 0.334 e. The van der Waals surface area contributed by atoms with E-state index < -0.39 is 24.8 Å². The van der Waals surface area contributed by atoms with Gasteiger partial charge in [0.25, 0.3) is 0 Å². The predicted octanol–water partition coefficient (Wildman–Crippen LogP) is 1.54. The zero-order valence-electron chi connectivity index (χ0n) is 8.19. The molecule has 0 saturated carbocycles. The summed E-state index contributed by atoms with van der Waals surface area (Å²) >= 11 is 0. The highest BCUT2D eigenvalue weighted by Gasteiger charge is 2.27. The lowest BCUT2D eigenvalue weighted by Gasteiger charge is -2.15. The predicted molar refractivity (Wildman–Crippen MR) is 46.9 cm³/mol. The van der Waals surface area contributed by atoms with Crippen LogP contribution in [-0.4, -0.2) is 24.8 Å². The van der Waals surface area contributed by atoms with E-state index in [0.29, 0.717) is 6.42 Å². The van der Waals surface area contributed by atoms with Crippen LogP contribution in [-0.2, 0) is 0 Å². The zero-order chi connectivity index (χ0) is 11.9. The maximum Gasteiger partial charge on any atom is 0.405 e. The van der Waals surface area contributed by atoms with Crippen LogP contribution < -0.4 is 10.6 Å². The number of hydrogen-bond acceptors (Lipinski definition) is 2. The number of urea groups is 1. The monoisotopic (exact) mass is 223 g/mol. The molecule has 0 aliphatic rings. The molecule has 0 radical (unpaired) electrons. The highest BCUT2D eigenvalue weighted by Crippen LogP contribution is 2.11. The number of carbonyl (C=O) groups excluding carboxylic acids is 1. The van der Waals surface area contributed by atoms with Gasteiger partial charge in [-0.05, 0) is 6.42 Å². The first-order valence-electron chi connectivity index (χ1n) is 4.37. The fourth-order valence-electron chi connectivity index (χ4n) is 0.825. The highest BCUT2D eigenvalue weighted by atomic mass is 19.4. The molecule has 0 heterocycles.